The minimum absolute atomic E-state index is 0.135. The van der Waals surface area contributed by atoms with Gasteiger partial charge in [0.15, 0.2) is 6.61 Å². The smallest absolute Gasteiger partial charge is 0.258 e. The van der Waals surface area contributed by atoms with Crippen molar-refractivity contribution in [2.24, 2.45) is 7.05 Å². The first-order valence-corrected chi connectivity index (χ1v) is 10.5. The van der Waals surface area contributed by atoms with Crippen LogP contribution in [-0.2, 0) is 16.6 Å². The first-order chi connectivity index (χ1) is 15.5. The summed E-state index contributed by atoms with van der Waals surface area (Å²) in [5, 5.41) is 3.00. The van der Waals surface area contributed by atoms with Crippen LogP contribution in [0.25, 0.3) is 0 Å². The Morgan fingerprint density at radius 3 is 2.66 bits per heavy atom. The van der Waals surface area contributed by atoms with Gasteiger partial charge in [-0.1, -0.05) is 12.1 Å². The van der Waals surface area contributed by atoms with Crippen molar-refractivity contribution >= 4 is 17.5 Å². The van der Waals surface area contributed by atoms with Crippen LogP contribution in [0, 0.1) is 0 Å². The zero-order chi connectivity index (χ0) is 22.5. The zero-order valence-corrected chi connectivity index (χ0v) is 18.2. The van der Waals surface area contributed by atoms with E-state index in [1.807, 2.05) is 54.2 Å². The van der Waals surface area contributed by atoms with E-state index in [1.165, 1.54) is 0 Å². The minimum Gasteiger partial charge on any atom is -0.497 e. The van der Waals surface area contributed by atoms with E-state index in [0.717, 1.165) is 24.2 Å². The number of rotatable bonds is 8. The summed E-state index contributed by atoms with van der Waals surface area (Å²) >= 11 is 0. The minimum atomic E-state index is -0.454. The van der Waals surface area contributed by atoms with Gasteiger partial charge in [-0.25, -0.2) is 4.98 Å². The Balaban J connectivity index is 1.42. The van der Waals surface area contributed by atoms with Crippen molar-refractivity contribution in [3.63, 3.8) is 0 Å². The van der Waals surface area contributed by atoms with E-state index in [1.54, 1.807) is 30.3 Å². The van der Waals surface area contributed by atoms with E-state index in [9.17, 15) is 9.59 Å². The number of nitrogens with one attached hydrogen (secondary N) is 1. The standard InChI is InChI=1S/C24H26N4O4/c1-27-14-12-25-24(27)23(17-5-3-6-20(15-17)31-2)26-21(29)16-32-19-10-8-18(9-11-19)28-13-4-7-22(28)30/h3,5-6,8-12,14-15,23H,4,7,13,16H2,1-2H3,(H,26,29). The molecule has 0 bridgehead atoms. The molecule has 1 aliphatic rings. The van der Waals surface area contributed by atoms with Gasteiger partial charge in [-0.05, 0) is 48.4 Å². The largest absolute Gasteiger partial charge is 0.497 e. The van der Waals surface area contributed by atoms with E-state index < -0.39 is 6.04 Å². The highest BCUT2D eigenvalue weighted by Gasteiger charge is 2.23. The molecule has 1 fully saturated rings. The SMILES string of the molecule is COc1cccc(C(NC(=O)COc2ccc(N3CCCC3=O)cc2)c2nccn2C)c1. The molecule has 1 atom stereocenters. The second-order valence-corrected chi connectivity index (χ2v) is 7.60. The number of carbonyl (C=O) groups excluding carboxylic acids is 2. The number of methoxy groups -OCH3 is 1. The third kappa shape index (κ3) is 4.74. The summed E-state index contributed by atoms with van der Waals surface area (Å²) in [6.45, 7) is 0.590. The molecule has 0 saturated carbocycles. The Kier molecular flexibility index (Phi) is 6.39. The van der Waals surface area contributed by atoms with Crippen LogP contribution in [0.5, 0.6) is 11.5 Å². The normalized spacial score (nSPS) is 14.3. The van der Waals surface area contributed by atoms with Crippen LogP contribution in [-0.4, -0.2) is 41.6 Å². The molecule has 1 saturated heterocycles. The Morgan fingerprint density at radius 1 is 1.19 bits per heavy atom. The number of aryl methyl sites for hydroxylation is 1. The fraction of sp³-hybridized carbons (Fsp3) is 0.292. The van der Waals surface area contributed by atoms with Crippen LogP contribution in [0.15, 0.2) is 60.9 Å². The van der Waals surface area contributed by atoms with E-state index in [2.05, 4.69) is 10.3 Å². The van der Waals surface area contributed by atoms with Gasteiger partial charge in [0, 0.05) is 38.1 Å². The summed E-state index contributed by atoms with van der Waals surface area (Å²) in [6.07, 6.45) is 4.99. The molecule has 1 unspecified atom stereocenters. The van der Waals surface area contributed by atoms with Gasteiger partial charge in [-0.2, -0.15) is 0 Å². The van der Waals surface area contributed by atoms with Gasteiger partial charge in [-0.15, -0.1) is 0 Å². The van der Waals surface area contributed by atoms with Crippen LogP contribution in [0.2, 0.25) is 0 Å². The third-order valence-electron chi connectivity index (χ3n) is 5.44. The molecule has 2 heterocycles. The van der Waals surface area contributed by atoms with Crippen LogP contribution in [0.1, 0.15) is 30.3 Å². The average molecular weight is 434 g/mol. The molecule has 3 aromatic rings. The van der Waals surface area contributed by atoms with Crippen molar-refractivity contribution in [2.45, 2.75) is 18.9 Å². The van der Waals surface area contributed by atoms with Crippen molar-refractivity contribution < 1.29 is 19.1 Å². The lowest BCUT2D eigenvalue weighted by atomic mass is 10.1. The fourth-order valence-corrected chi connectivity index (χ4v) is 3.77. The molecule has 2 amide bonds. The van der Waals surface area contributed by atoms with E-state index in [4.69, 9.17) is 9.47 Å². The van der Waals surface area contributed by atoms with E-state index >= 15 is 0 Å². The van der Waals surface area contributed by atoms with Gasteiger partial charge < -0.3 is 24.3 Å². The number of carbonyl (C=O) groups is 2. The predicted molar refractivity (Wildman–Crippen MR) is 120 cm³/mol. The number of hydrogen-bond donors (Lipinski definition) is 1. The number of aromatic nitrogens is 2. The van der Waals surface area contributed by atoms with Gasteiger partial charge in [0.2, 0.25) is 5.91 Å². The Hall–Kier alpha value is -3.81. The molecule has 4 rings (SSSR count). The number of anilines is 1. The third-order valence-corrected chi connectivity index (χ3v) is 5.44. The predicted octanol–water partition coefficient (Wildman–Crippen LogP) is 2.84. The van der Waals surface area contributed by atoms with Crippen molar-refractivity contribution in [1.82, 2.24) is 14.9 Å². The summed E-state index contributed by atoms with van der Waals surface area (Å²) in [6, 6.07) is 14.3. The summed E-state index contributed by atoms with van der Waals surface area (Å²) in [7, 11) is 3.48. The molecule has 1 aromatic heterocycles. The van der Waals surface area contributed by atoms with Crippen molar-refractivity contribution in [2.75, 3.05) is 25.2 Å². The fourth-order valence-electron chi connectivity index (χ4n) is 3.77. The van der Waals surface area contributed by atoms with E-state index in [-0.39, 0.29) is 18.4 Å². The first kappa shape index (κ1) is 21.4. The molecular formula is C24H26N4O4. The summed E-state index contributed by atoms with van der Waals surface area (Å²) < 4.78 is 12.9. The maximum absolute atomic E-state index is 12.7. The maximum Gasteiger partial charge on any atom is 0.258 e. The molecule has 1 aliphatic heterocycles. The molecule has 0 radical (unpaired) electrons. The molecule has 8 heteroatoms. The molecule has 166 valence electrons. The average Bonchev–Trinajstić information content (AvgIpc) is 3.44. The Labute approximate surface area is 186 Å². The van der Waals surface area contributed by atoms with Gasteiger partial charge in [0.25, 0.3) is 5.91 Å². The quantitative estimate of drug-likeness (QED) is 0.589. The number of amides is 2. The number of ether oxygens (including phenoxy) is 2. The summed E-state index contributed by atoms with van der Waals surface area (Å²) in [4.78, 5) is 30.8. The van der Waals surface area contributed by atoms with Gasteiger partial charge >= 0.3 is 0 Å². The molecule has 1 N–H and O–H groups in total. The Morgan fingerprint density at radius 2 is 2.00 bits per heavy atom. The molecule has 2 aromatic carbocycles. The van der Waals surface area contributed by atoms with Crippen LogP contribution >= 0.6 is 0 Å². The van der Waals surface area contributed by atoms with E-state index in [0.29, 0.717) is 23.7 Å². The summed E-state index contributed by atoms with van der Waals surface area (Å²) in [5.41, 5.74) is 1.70. The monoisotopic (exact) mass is 434 g/mol. The van der Waals surface area contributed by atoms with Crippen LogP contribution in [0.4, 0.5) is 5.69 Å². The number of hydrogen-bond acceptors (Lipinski definition) is 5. The van der Waals surface area contributed by atoms with Crippen molar-refractivity contribution in [3.05, 3.63) is 72.3 Å². The molecular weight excluding hydrogens is 408 g/mol. The van der Waals surface area contributed by atoms with Gasteiger partial charge in [0.05, 0.1) is 7.11 Å². The maximum atomic E-state index is 12.7. The highest BCUT2D eigenvalue weighted by Crippen LogP contribution is 2.25. The highest BCUT2D eigenvalue weighted by atomic mass is 16.5. The number of nitrogens with zero attached hydrogens (tertiary/aromatic N) is 3. The lowest BCUT2D eigenvalue weighted by Crippen LogP contribution is -2.34. The lowest BCUT2D eigenvalue weighted by Gasteiger charge is -2.20. The van der Waals surface area contributed by atoms with Crippen molar-refractivity contribution in [1.29, 1.82) is 0 Å². The Bertz CT molecular complexity index is 1090. The van der Waals surface area contributed by atoms with Gasteiger partial charge in [0.1, 0.15) is 23.4 Å². The molecule has 0 aliphatic carbocycles. The lowest BCUT2D eigenvalue weighted by molar-refractivity contribution is -0.123. The molecule has 0 spiro atoms. The van der Waals surface area contributed by atoms with Crippen LogP contribution in [0.3, 0.4) is 0 Å². The van der Waals surface area contributed by atoms with Gasteiger partial charge in [-0.3, -0.25) is 9.59 Å². The second-order valence-electron chi connectivity index (χ2n) is 7.60. The highest BCUT2D eigenvalue weighted by molar-refractivity contribution is 5.95. The topological polar surface area (TPSA) is 85.7 Å². The number of benzene rings is 2. The van der Waals surface area contributed by atoms with Crippen LogP contribution < -0.4 is 19.7 Å². The first-order valence-electron chi connectivity index (χ1n) is 10.5. The number of imidazole rings is 1. The molecule has 8 nitrogen and oxygen atoms in total. The molecule has 32 heavy (non-hydrogen) atoms. The summed E-state index contributed by atoms with van der Waals surface area (Å²) in [5.74, 6) is 1.82. The zero-order valence-electron chi connectivity index (χ0n) is 18.2. The van der Waals surface area contributed by atoms with Crippen molar-refractivity contribution in [3.8, 4) is 11.5 Å². The second kappa shape index (κ2) is 9.55.